The number of hydrogen-bond acceptors (Lipinski definition) is 5. The van der Waals surface area contributed by atoms with E-state index in [2.05, 4.69) is 20.5 Å². The molecule has 0 spiro atoms. The normalized spacial score (nSPS) is 10.7. The van der Waals surface area contributed by atoms with Gasteiger partial charge in [0.1, 0.15) is 15.9 Å². The molecule has 2 aromatic heterocycles. The zero-order valence-corrected chi connectivity index (χ0v) is 11.3. The van der Waals surface area contributed by atoms with Crippen LogP contribution in [0.25, 0.3) is 21.5 Å². The first-order chi connectivity index (χ1) is 9.65. The molecule has 0 aliphatic carbocycles. The minimum Gasteiger partial charge on any atom is -0.302 e. The van der Waals surface area contributed by atoms with Crippen LogP contribution in [0.1, 0.15) is 6.92 Å². The lowest BCUT2D eigenvalue weighted by Crippen LogP contribution is -2.07. The number of benzene rings is 1. The molecule has 6 nitrogen and oxygen atoms in total. The molecule has 0 radical (unpaired) electrons. The molecule has 0 saturated heterocycles. The second kappa shape index (κ2) is 4.86. The zero-order valence-electron chi connectivity index (χ0n) is 10.5. The number of fused-ring (bicyclic) bond motifs is 1. The van der Waals surface area contributed by atoms with E-state index in [4.69, 9.17) is 0 Å². The summed E-state index contributed by atoms with van der Waals surface area (Å²) >= 11 is 1.13. The second-order valence-electron chi connectivity index (χ2n) is 4.15. The van der Waals surface area contributed by atoms with Crippen molar-refractivity contribution in [2.45, 2.75) is 6.92 Å². The Morgan fingerprint density at radius 3 is 2.75 bits per heavy atom. The lowest BCUT2D eigenvalue weighted by Gasteiger charge is -1.99. The maximum Gasteiger partial charge on any atom is 0.283 e. The zero-order chi connectivity index (χ0) is 14.1. The Morgan fingerprint density at radius 2 is 2.05 bits per heavy atom. The maximum absolute atomic E-state index is 11.8. The summed E-state index contributed by atoms with van der Waals surface area (Å²) in [5, 5.41) is 9.50. The molecular weight excluding hydrogens is 276 g/mol. The number of carbonyl (C=O) groups excluding carboxylic acids is 1. The molecule has 1 aromatic carbocycles. The highest BCUT2D eigenvalue weighted by Crippen LogP contribution is 2.29. The topological polar surface area (TPSA) is 87.7 Å². The van der Waals surface area contributed by atoms with E-state index in [0.29, 0.717) is 21.0 Å². The molecule has 1 amide bonds. The summed E-state index contributed by atoms with van der Waals surface area (Å²) in [6.07, 6.45) is 0. The lowest BCUT2D eigenvalue weighted by atomic mass is 10.1. The number of aromatic amines is 1. The van der Waals surface area contributed by atoms with Crippen LogP contribution in [0.15, 0.2) is 35.1 Å². The number of amides is 1. The summed E-state index contributed by atoms with van der Waals surface area (Å²) in [6, 6.07) is 9.44. The Balaban J connectivity index is 2.24. The number of H-pyrrole nitrogens is 1. The molecule has 0 fully saturated rings. The first-order valence-corrected chi connectivity index (χ1v) is 6.69. The fourth-order valence-corrected chi connectivity index (χ4v) is 2.75. The van der Waals surface area contributed by atoms with E-state index in [1.54, 1.807) is 0 Å². The summed E-state index contributed by atoms with van der Waals surface area (Å²) in [5.41, 5.74) is 1.63. The predicted molar refractivity (Wildman–Crippen MR) is 77.8 cm³/mol. The van der Waals surface area contributed by atoms with Crippen molar-refractivity contribution in [3.05, 3.63) is 40.7 Å². The van der Waals surface area contributed by atoms with Gasteiger partial charge in [-0.05, 0) is 0 Å². The number of hydrogen-bond donors (Lipinski definition) is 2. The molecule has 2 heterocycles. The molecule has 2 N–H and O–H groups in total. The standard InChI is InChI=1S/C13H10N4O2S/c1-7(18)14-13-15-10-9(8-5-3-2-4-6-8)16-17-12(19)11(10)20-13/h2-6H,1H3,(H,17,19)(H,14,15,18). The molecule has 3 rings (SSSR count). The summed E-state index contributed by atoms with van der Waals surface area (Å²) in [4.78, 5) is 27.2. The third-order valence-corrected chi connectivity index (χ3v) is 3.63. The van der Waals surface area contributed by atoms with Crippen molar-refractivity contribution < 1.29 is 4.79 Å². The third kappa shape index (κ3) is 2.19. The van der Waals surface area contributed by atoms with Crippen molar-refractivity contribution in [3.63, 3.8) is 0 Å². The Morgan fingerprint density at radius 1 is 1.30 bits per heavy atom. The van der Waals surface area contributed by atoms with Gasteiger partial charge in [0.25, 0.3) is 5.56 Å². The highest BCUT2D eigenvalue weighted by atomic mass is 32.1. The van der Waals surface area contributed by atoms with Gasteiger partial charge in [-0.1, -0.05) is 41.7 Å². The van der Waals surface area contributed by atoms with Crippen LogP contribution in [-0.2, 0) is 4.79 Å². The average molecular weight is 286 g/mol. The molecular formula is C13H10N4O2S. The van der Waals surface area contributed by atoms with E-state index in [9.17, 15) is 9.59 Å². The SMILES string of the molecule is CC(=O)Nc1nc2c(-c3ccccc3)n[nH]c(=O)c2s1. The van der Waals surface area contributed by atoms with Gasteiger partial charge in [0.05, 0.1) is 0 Å². The van der Waals surface area contributed by atoms with E-state index < -0.39 is 0 Å². The number of nitrogens with zero attached hydrogens (tertiary/aromatic N) is 2. The first-order valence-electron chi connectivity index (χ1n) is 5.87. The van der Waals surface area contributed by atoms with Crippen LogP contribution < -0.4 is 10.9 Å². The Labute approximate surface area is 117 Å². The van der Waals surface area contributed by atoms with E-state index >= 15 is 0 Å². The third-order valence-electron chi connectivity index (χ3n) is 2.66. The van der Waals surface area contributed by atoms with Crippen LogP contribution in [0.5, 0.6) is 0 Å². The molecule has 3 aromatic rings. The molecule has 0 aliphatic rings. The quantitative estimate of drug-likeness (QED) is 0.754. The number of thiazole rings is 1. The molecule has 0 aliphatic heterocycles. The van der Waals surface area contributed by atoms with Gasteiger partial charge in [-0.25, -0.2) is 10.1 Å². The predicted octanol–water partition coefficient (Wildman–Crippen LogP) is 2.00. The van der Waals surface area contributed by atoms with Gasteiger partial charge in [0.2, 0.25) is 5.91 Å². The van der Waals surface area contributed by atoms with Crippen molar-refractivity contribution in [1.82, 2.24) is 15.2 Å². The molecule has 0 bridgehead atoms. The molecule has 0 atom stereocenters. The van der Waals surface area contributed by atoms with Gasteiger partial charge in [-0.3, -0.25) is 9.59 Å². The van der Waals surface area contributed by atoms with Gasteiger partial charge in [-0.2, -0.15) is 5.10 Å². The van der Waals surface area contributed by atoms with Crippen LogP contribution in [-0.4, -0.2) is 21.1 Å². The van der Waals surface area contributed by atoms with Crippen LogP contribution in [0.4, 0.5) is 5.13 Å². The molecule has 20 heavy (non-hydrogen) atoms. The fourth-order valence-electron chi connectivity index (χ4n) is 1.85. The minimum absolute atomic E-state index is 0.227. The second-order valence-corrected chi connectivity index (χ2v) is 5.14. The number of anilines is 1. The summed E-state index contributed by atoms with van der Waals surface area (Å²) in [5.74, 6) is -0.227. The van der Waals surface area contributed by atoms with Gasteiger partial charge in [0.15, 0.2) is 5.13 Å². The first kappa shape index (κ1) is 12.5. The molecule has 7 heteroatoms. The highest BCUT2D eigenvalue weighted by molar-refractivity contribution is 7.22. The van der Waals surface area contributed by atoms with Gasteiger partial charge in [0, 0.05) is 12.5 Å². The van der Waals surface area contributed by atoms with E-state index in [1.807, 2.05) is 30.3 Å². The van der Waals surface area contributed by atoms with Crippen molar-refractivity contribution in [2.75, 3.05) is 5.32 Å². The number of rotatable bonds is 2. The summed E-state index contributed by atoms with van der Waals surface area (Å²) in [6.45, 7) is 1.40. The van der Waals surface area contributed by atoms with Gasteiger partial charge in [-0.15, -0.1) is 0 Å². The maximum atomic E-state index is 11.8. The van der Waals surface area contributed by atoms with Crippen molar-refractivity contribution in [3.8, 4) is 11.3 Å². The van der Waals surface area contributed by atoms with Crippen LogP contribution in [0.3, 0.4) is 0 Å². The lowest BCUT2D eigenvalue weighted by molar-refractivity contribution is -0.114. The van der Waals surface area contributed by atoms with Crippen molar-refractivity contribution in [1.29, 1.82) is 0 Å². The minimum atomic E-state index is -0.311. The van der Waals surface area contributed by atoms with Crippen molar-refractivity contribution in [2.24, 2.45) is 0 Å². The van der Waals surface area contributed by atoms with Crippen LogP contribution in [0.2, 0.25) is 0 Å². The summed E-state index contributed by atoms with van der Waals surface area (Å²) < 4.78 is 0.447. The molecule has 0 saturated carbocycles. The van der Waals surface area contributed by atoms with E-state index in [-0.39, 0.29) is 11.5 Å². The Hall–Kier alpha value is -2.54. The van der Waals surface area contributed by atoms with E-state index in [1.165, 1.54) is 6.92 Å². The smallest absolute Gasteiger partial charge is 0.283 e. The van der Waals surface area contributed by atoms with Gasteiger partial charge < -0.3 is 5.32 Å². The summed E-state index contributed by atoms with van der Waals surface area (Å²) in [7, 11) is 0. The Kier molecular flexibility index (Phi) is 3.03. The van der Waals surface area contributed by atoms with E-state index in [0.717, 1.165) is 16.9 Å². The Bertz CT molecular complexity index is 838. The number of carbonyl (C=O) groups is 1. The number of aromatic nitrogens is 3. The van der Waals surface area contributed by atoms with Crippen LogP contribution >= 0.6 is 11.3 Å². The number of nitrogens with one attached hydrogen (secondary N) is 2. The van der Waals surface area contributed by atoms with Crippen molar-refractivity contribution >= 4 is 32.6 Å². The monoisotopic (exact) mass is 286 g/mol. The molecule has 100 valence electrons. The van der Waals surface area contributed by atoms with Crippen LogP contribution in [0, 0.1) is 0 Å². The molecule has 0 unspecified atom stereocenters. The fraction of sp³-hybridized carbons (Fsp3) is 0.0769. The van der Waals surface area contributed by atoms with Gasteiger partial charge >= 0.3 is 0 Å². The average Bonchev–Trinajstić information content (AvgIpc) is 2.83. The largest absolute Gasteiger partial charge is 0.302 e. The highest BCUT2D eigenvalue weighted by Gasteiger charge is 2.14.